The van der Waals surface area contributed by atoms with Crippen LogP contribution < -0.4 is 5.32 Å². The lowest BCUT2D eigenvalue weighted by atomic mass is 9.98. The molecule has 5 heteroatoms. The fourth-order valence-corrected chi connectivity index (χ4v) is 1.70. The summed E-state index contributed by atoms with van der Waals surface area (Å²) in [6, 6.07) is 0.127. The first-order chi connectivity index (χ1) is 7.30. The number of alkyl halides is 3. The zero-order chi connectivity index (χ0) is 12.8. The van der Waals surface area contributed by atoms with Crippen LogP contribution >= 0.6 is 0 Å². The van der Waals surface area contributed by atoms with Crippen LogP contribution in [0.3, 0.4) is 0 Å². The molecule has 0 aliphatic heterocycles. The standard InChI is InChI=1S/C11H23F3N2/c1-5-9(3)10(15-6-2)7-16(4)8-11(12,13)14/h9-10,15H,5-8H2,1-4H3. The van der Waals surface area contributed by atoms with Crippen LogP contribution in [0.25, 0.3) is 0 Å². The summed E-state index contributed by atoms with van der Waals surface area (Å²) >= 11 is 0. The van der Waals surface area contributed by atoms with Gasteiger partial charge in [-0.25, -0.2) is 0 Å². The van der Waals surface area contributed by atoms with Crippen molar-refractivity contribution >= 4 is 0 Å². The molecule has 2 atom stereocenters. The lowest BCUT2D eigenvalue weighted by Gasteiger charge is -2.29. The predicted molar refractivity (Wildman–Crippen MR) is 60.5 cm³/mol. The lowest BCUT2D eigenvalue weighted by molar-refractivity contribution is -0.143. The molecule has 0 bridgehead atoms. The molecule has 98 valence electrons. The van der Waals surface area contributed by atoms with Crippen LogP contribution in [0, 0.1) is 5.92 Å². The van der Waals surface area contributed by atoms with Gasteiger partial charge in [-0.15, -0.1) is 0 Å². The number of hydrogen-bond acceptors (Lipinski definition) is 2. The van der Waals surface area contributed by atoms with Gasteiger partial charge in [-0.1, -0.05) is 27.2 Å². The van der Waals surface area contributed by atoms with Gasteiger partial charge in [-0.3, -0.25) is 4.90 Å². The zero-order valence-electron chi connectivity index (χ0n) is 10.6. The number of nitrogens with one attached hydrogen (secondary N) is 1. The molecule has 2 unspecified atom stereocenters. The summed E-state index contributed by atoms with van der Waals surface area (Å²) in [5, 5.41) is 3.24. The van der Waals surface area contributed by atoms with Crippen LogP contribution in [0.1, 0.15) is 27.2 Å². The van der Waals surface area contributed by atoms with Crippen LogP contribution in [-0.2, 0) is 0 Å². The third kappa shape index (κ3) is 7.06. The van der Waals surface area contributed by atoms with Crippen LogP contribution in [0.2, 0.25) is 0 Å². The Kier molecular flexibility index (Phi) is 6.99. The molecule has 1 N–H and O–H groups in total. The first-order valence-electron chi connectivity index (χ1n) is 5.78. The fraction of sp³-hybridized carbons (Fsp3) is 1.00. The van der Waals surface area contributed by atoms with E-state index in [1.165, 1.54) is 11.9 Å². The van der Waals surface area contributed by atoms with E-state index < -0.39 is 12.7 Å². The van der Waals surface area contributed by atoms with Crippen molar-refractivity contribution in [3.05, 3.63) is 0 Å². The molecule has 0 saturated heterocycles. The molecule has 0 amide bonds. The Morgan fingerprint density at radius 3 is 2.19 bits per heavy atom. The molecular formula is C11H23F3N2. The molecule has 0 radical (unpaired) electrons. The molecular weight excluding hydrogens is 217 g/mol. The van der Waals surface area contributed by atoms with Crippen molar-refractivity contribution in [1.82, 2.24) is 10.2 Å². The van der Waals surface area contributed by atoms with Crippen molar-refractivity contribution in [3.8, 4) is 0 Å². The summed E-state index contributed by atoms with van der Waals surface area (Å²) in [6.07, 6.45) is -3.14. The highest BCUT2D eigenvalue weighted by Gasteiger charge is 2.30. The van der Waals surface area contributed by atoms with Crippen molar-refractivity contribution < 1.29 is 13.2 Å². The van der Waals surface area contributed by atoms with Gasteiger partial charge in [0, 0.05) is 12.6 Å². The highest BCUT2D eigenvalue weighted by molar-refractivity contribution is 4.76. The van der Waals surface area contributed by atoms with E-state index in [-0.39, 0.29) is 6.04 Å². The Balaban J connectivity index is 4.17. The van der Waals surface area contributed by atoms with Crippen molar-refractivity contribution in [1.29, 1.82) is 0 Å². The summed E-state index contributed by atoms with van der Waals surface area (Å²) in [6.45, 7) is 6.47. The normalized spacial score (nSPS) is 16.5. The van der Waals surface area contributed by atoms with E-state index in [1.807, 2.05) is 6.92 Å². The molecule has 0 fully saturated rings. The largest absolute Gasteiger partial charge is 0.401 e. The maximum atomic E-state index is 12.2. The van der Waals surface area contributed by atoms with Crippen molar-refractivity contribution in [2.75, 3.05) is 26.7 Å². The van der Waals surface area contributed by atoms with Gasteiger partial charge in [0.05, 0.1) is 6.54 Å². The van der Waals surface area contributed by atoms with E-state index in [4.69, 9.17) is 0 Å². The smallest absolute Gasteiger partial charge is 0.313 e. The Hall–Kier alpha value is -0.290. The first-order valence-corrected chi connectivity index (χ1v) is 5.78. The van der Waals surface area contributed by atoms with E-state index in [2.05, 4.69) is 19.2 Å². The van der Waals surface area contributed by atoms with E-state index in [0.29, 0.717) is 12.5 Å². The molecule has 0 heterocycles. The Morgan fingerprint density at radius 1 is 1.25 bits per heavy atom. The minimum Gasteiger partial charge on any atom is -0.313 e. The molecule has 0 aromatic heterocycles. The lowest BCUT2D eigenvalue weighted by Crippen LogP contribution is -2.45. The minimum atomic E-state index is -4.11. The van der Waals surface area contributed by atoms with E-state index in [1.54, 1.807) is 0 Å². The van der Waals surface area contributed by atoms with Crippen LogP contribution in [0.4, 0.5) is 13.2 Å². The third-order valence-corrected chi connectivity index (χ3v) is 2.75. The SMILES string of the molecule is CCNC(CN(C)CC(F)(F)F)C(C)CC. The van der Waals surface area contributed by atoms with Crippen LogP contribution in [-0.4, -0.2) is 43.8 Å². The van der Waals surface area contributed by atoms with Gasteiger partial charge in [-0.2, -0.15) is 13.2 Å². The summed E-state index contributed by atoms with van der Waals surface area (Å²) in [5.41, 5.74) is 0. The summed E-state index contributed by atoms with van der Waals surface area (Å²) in [5.74, 6) is 0.385. The average molecular weight is 240 g/mol. The molecule has 0 aliphatic carbocycles. The number of nitrogens with zero attached hydrogens (tertiary/aromatic N) is 1. The number of likely N-dealkylation sites (N-methyl/N-ethyl adjacent to an activating group) is 2. The highest BCUT2D eigenvalue weighted by Crippen LogP contribution is 2.17. The number of hydrogen-bond donors (Lipinski definition) is 1. The minimum absolute atomic E-state index is 0.127. The van der Waals surface area contributed by atoms with Gasteiger partial charge in [0.1, 0.15) is 0 Å². The van der Waals surface area contributed by atoms with Crippen LogP contribution in [0.5, 0.6) is 0 Å². The topological polar surface area (TPSA) is 15.3 Å². The van der Waals surface area contributed by atoms with Gasteiger partial charge in [-0.05, 0) is 19.5 Å². The number of rotatable bonds is 7. The van der Waals surface area contributed by atoms with E-state index >= 15 is 0 Å². The summed E-state index contributed by atoms with van der Waals surface area (Å²) < 4.78 is 36.5. The quantitative estimate of drug-likeness (QED) is 0.735. The van der Waals surface area contributed by atoms with Gasteiger partial charge < -0.3 is 5.32 Å². The van der Waals surface area contributed by atoms with Crippen molar-refractivity contribution in [2.45, 2.75) is 39.4 Å². The van der Waals surface area contributed by atoms with Crippen molar-refractivity contribution in [2.24, 2.45) is 5.92 Å². The maximum Gasteiger partial charge on any atom is 0.401 e. The van der Waals surface area contributed by atoms with Gasteiger partial charge in [0.2, 0.25) is 0 Å². The average Bonchev–Trinajstić information content (AvgIpc) is 2.13. The molecule has 0 aliphatic rings. The maximum absolute atomic E-state index is 12.2. The molecule has 2 nitrogen and oxygen atoms in total. The fourth-order valence-electron chi connectivity index (χ4n) is 1.70. The van der Waals surface area contributed by atoms with Crippen LogP contribution in [0.15, 0.2) is 0 Å². The van der Waals surface area contributed by atoms with E-state index in [9.17, 15) is 13.2 Å². The van der Waals surface area contributed by atoms with E-state index in [0.717, 1.165) is 13.0 Å². The zero-order valence-corrected chi connectivity index (χ0v) is 10.6. The Labute approximate surface area is 96.2 Å². The molecule has 0 aromatic rings. The van der Waals surface area contributed by atoms with Gasteiger partial charge in [0.25, 0.3) is 0 Å². The van der Waals surface area contributed by atoms with Crippen molar-refractivity contribution in [3.63, 3.8) is 0 Å². The monoisotopic (exact) mass is 240 g/mol. The molecule has 16 heavy (non-hydrogen) atoms. The van der Waals surface area contributed by atoms with Gasteiger partial charge in [0.15, 0.2) is 0 Å². The predicted octanol–water partition coefficient (Wildman–Crippen LogP) is 2.50. The summed E-state index contributed by atoms with van der Waals surface area (Å²) in [4.78, 5) is 1.33. The second-order valence-corrected chi connectivity index (χ2v) is 4.36. The molecule has 0 spiro atoms. The second kappa shape index (κ2) is 7.12. The Bertz CT molecular complexity index is 183. The number of halogens is 3. The van der Waals surface area contributed by atoms with Gasteiger partial charge >= 0.3 is 6.18 Å². The Morgan fingerprint density at radius 2 is 1.81 bits per heavy atom. The first kappa shape index (κ1) is 15.7. The third-order valence-electron chi connectivity index (χ3n) is 2.75. The molecule has 0 rings (SSSR count). The summed E-state index contributed by atoms with van der Waals surface area (Å²) in [7, 11) is 1.51. The molecule has 0 saturated carbocycles. The second-order valence-electron chi connectivity index (χ2n) is 4.36. The molecule has 0 aromatic carbocycles. The highest BCUT2D eigenvalue weighted by atomic mass is 19.4.